The number of nitrogens with one attached hydrogen (secondary N) is 3. The molecule has 3 rings (SSSR count). The average molecular weight is 401 g/mol. The number of methoxy groups -OCH3 is 2. The van der Waals surface area contributed by atoms with Crippen LogP contribution in [0, 0.1) is 0 Å². The highest BCUT2D eigenvalue weighted by atomic mass is 35.5. The molecule has 0 atom stereocenters. The van der Waals surface area contributed by atoms with E-state index in [9.17, 15) is 9.59 Å². The van der Waals surface area contributed by atoms with E-state index in [0.29, 0.717) is 29.4 Å². The van der Waals surface area contributed by atoms with Gasteiger partial charge in [-0.2, -0.15) is 0 Å². The largest absolute Gasteiger partial charge is 0.464 e. The van der Waals surface area contributed by atoms with Crippen LogP contribution in [0.2, 0.25) is 0 Å². The van der Waals surface area contributed by atoms with Gasteiger partial charge in [-0.3, -0.25) is 10.1 Å². The van der Waals surface area contributed by atoms with E-state index < -0.39 is 11.6 Å². The Morgan fingerprint density at radius 2 is 2.04 bits per heavy atom. The molecular weight excluding hydrogens is 380 g/mol. The van der Waals surface area contributed by atoms with Gasteiger partial charge in [-0.25, -0.2) is 9.78 Å². The van der Waals surface area contributed by atoms with Crippen molar-refractivity contribution in [3.05, 3.63) is 23.3 Å². The summed E-state index contributed by atoms with van der Waals surface area (Å²) in [6.45, 7) is 1.48. The first-order valence-electron chi connectivity index (χ1n) is 7.88. The van der Waals surface area contributed by atoms with Gasteiger partial charge >= 0.3 is 5.97 Å². The second-order valence-electron chi connectivity index (χ2n) is 5.73. The maximum absolute atomic E-state index is 12.6. The Kier molecular flexibility index (Phi) is 6.76. The van der Waals surface area contributed by atoms with Gasteiger partial charge in [0.2, 0.25) is 0 Å². The van der Waals surface area contributed by atoms with Crippen molar-refractivity contribution >= 4 is 40.8 Å². The smallest absolute Gasteiger partial charge is 0.354 e. The van der Waals surface area contributed by atoms with Gasteiger partial charge in [0.05, 0.1) is 12.8 Å². The van der Waals surface area contributed by atoms with Gasteiger partial charge in [-0.1, -0.05) is 0 Å². The topological polar surface area (TPSA) is 105 Å². The highest BCUT2D eigenvalue weighted by Crippen LogP contribution is 2.28. The molecule has 142 valence electrons. The normalized spacial score (nSPS) is 15.8. The van der Waals surface area contributed by atoms with Crippen molar-refractivity contribution in [2.75, 3.05) is 32.6 Å². The number of aromatic amines is 1. The molecule has 8 nitrogen and oxygen atoms in total. The molecule has 3 heterocycles. The Morgan fingerprint density at radius 1 is 1.31 bits per heavy atom. The van der Waals surface area contributed by atoms with Gasteiger partial charge in [0.25, 0.3) is 5.91 Å². The summed E-state index contributed by atoms with van der Waals surface area (Å²) in [6, 6.07) is 1.66. The Morgan fingerprint density at radius 3 is 2.69 bits per heavy atom. The van der Waals surface area contributed by atoms with Crippen LogP contribution >= 0.6 is 23.7 Å². The summed E-state index contributed by atoms with van der Waals surface area (Å²) in [6.07, 6.45) is 2.91. The molecule has 1 fully saturated rings. The summed E-state index contributed by atoms with van der Waals surface area (Å²) in [4.78, 5) is 31.4. The molecule has 0 aliphatic carbocycles. The van der Waals surface area contributed by atoms with Gasteiger partial charge in [0.1, 0.15) is 11.3 Å². The van der Waals surface area contributed by atoms with E-state index in [-0.39, 0.29) is 18.3 Å². The highest BCUT2D eigenvalue weighted by molar-refractivity contribution is 7.14. The van der Waals surface area contributed by atoms with Crippen LogP contribution in [-0.4, -0.2) is 54.8 Å². The van der Waals surface area contributed by atoms with Gasteiger partial charge in [-0.15, -0.1) is 23.7 Å². The third kappa shape index (κ3) is 4.07. The zero-order chi connectivity index (χ0) is 17.9. The van der Waals surface area contributed by atoms with E-state index in [1.807, 2.05) is 5.38 Å². The number of carbonyl (C=O) groups excluding carboxylic acids is 2. The van der Waals surface area contributed by atoms with Crippen LogP contribution < -0.4 is 10.6 Å². The first-order chi connectivity index (χ1) is 12.1. The number of esters is 1. The van der Waals surface area contributed by atoms with E-state index in [4.69, 9.17) is 4.74 Å². The fraction of sp³-hybridized carbons (Fsp3) is 0.438. The quantitative estimate of drug-likeness (QED) is 0.663. The van der Waals surface area contributed by atoms with Crippen molar-refractivity contribution in [2.24, 2.45) is 0 Å². The van der Waals surface area contributed by atoms with Crippen LogP contribution in [0.15, 0.2) is 17.6 Å². The third-order valence-corrected chi connectivity index (χ3v) is 5.08. The number of hydrogen-bond donors (Lipinski definition) is 3. The molecule has 2 aromatic heterocycles. The van der Waals surface area contributed by atoms with Crippen LogP contribution in [0.5, 0.6) is 0 Å². The molecule has 1 amide bonds. The lowest BCUT2D eigenvalue weighted by Gasteiger charge is -2.34. The number of amides is 1. The monoisotopic (exact) mass is 400 g/mol. The van der Waals surface area contributed by atoms with Crippen molar-refractivity contribution in [1.82, 2.24) is 15.3 Å². The molecule has 0 unspecified atom stereocenters. The molecule has 1 aliphatic heterocycles. The van der Waals surface area contributed by atoms with Crippen molar-refractivity contribution < 1.29 is 19.1 Å². The lowest BCUT2D eigenvalue weighted by molar-refractivity contribution is -0.140. The summed E-state index contributed by atoms with van der Waals surface area (Å²) in [5.41, 5.74) is 0.955. The van der Waals surface area contributed by atoms with E-state index in [1.165, 1.54) is 18.4 Å². The molecule has 26 heavy (non-hydrogen) atoms. The summed E-state index contributed by atoms with van der Waals surface area (Å²) < 4.78 is 10.2. The van der Waals surface area contributed by atoms with Crippen LogP contribution in [0.25, 0.3) is 11.3 Å². The van der Waals surface area contributed by atoms with Crippen LogP contribution in [-0.2, 0) is 14.3 Å². The number of H-pyrrole nitrogens is 1. The van der Waals surface area contributed by atoms with Gasteiger partial charge in [-0.05, 0) is 32.0 Å². The van der Waals surface area contributed by atoms with Crippen molar-refractivity contribution in [3.8, 4) is 11.3 Å². The van der Waals surface area contributed by atoms with E-state index in [2.05, 4.69) is 25.3 Å². The Balaban J connectivity index is 0.00000243. The number of nitrogens with zero attached hydrogens (tertiary/aromatic N) is 1. The Labute approximate surface area is 161 Å². The zero-order valence-electron chi connectivity index (χ0n) is 14.5. The summed E-state index contributed by atoms with van der Waals surface area (Å²) >= 11 is 1.33. The second-order valence-corrected chi connectivity index (χ2v) is 6.59. The minimum absolute atomic E-state index is 0. The predicted molar refractivity (Wildman–Crippen MR) is 101 cm³/mol. The molecular formula is C16H21ClN4O4S. The van der Waals surface area contributed by atoms with E-state index in [1.54, 1.807) is 19.4 Å². The van der Waals surface area contributed by atoms with E-state index in [0.717, 1.165) is 18.7 Å². The minimum Gasteiger partial charge on any atom is -0.464 e. The van der Waals surface area contributed by atoms with Crippen LogP contribution in [0.4, 0.5) is 5.13 Å². The fourth-order valence-corrected chi connectivity index (χ4v) is 3.51. The highest BCUT2D eigenvalue weighted by Gasteiger charge is 2.40. The fourth-order valence-electron chi connectivity index (χ4n) is 2.80. The number of thiazole rings is 1. The number of halogens is 1. The first kappa shape index (κ1) is 20.4. The molecule has 1 aliphatic rings. The first-order valence-corrected chi connectivity index (χ1v) is 8.76. The minimum atomic E-state index is -0.816. The lowest BCUT2D eigenvalue weighted by Crippen LogP contribution is -2.51. The third-order valence-electron chi connectivity index (χ3n) is 4.32. The second kappa shape index (κ2) is 8.63. The molecule has 3 N–H and O–H groups in total. The Bertz CT molecular complexity index is 770. The van der Waals surface area contributed by atoms with E-state index >= 15 is 0 Å². The van der Waals surface area contributed by atoms with Crippen molar-refractivity contribution in [3.63, 3.8) is 0 Å². The molecule has 2 aromatic rings. The SMILES string of the molecule is COC(=O)c1cc(-c2csc(NC(=O)C3(OC)CCNCC3)n2)c[nH]1.Cl. The summed E-state index contributed by atoms with van der Waals surface area (Å²) in [5, 5.41) is 8.39. The maximum atomic E-state index is 12.6. The number of piperidine rings is 1. The van der Waals surface area contributed by atoms with Crippen molar-refractivity contribution in [2.45, 2.75) is 18.4 Å². The van der Waals surface area contributed by atoms with Gasteiger partial charge in [0.15, 0.2) is 5.13 Å². The number of aromatic nitrogens is 2. The number of carbonyl (C=O) groups is 2. The number of ether oxygens (including phenoxy) is 2. The van der Waals surface area contributed by atoms with Crippen LogP contribution in [0.1, 0.15) is 23.3 Å². The average Bonchev–Trinajstić information content (AvgIpc) is 3.31. The maximum Gasteiger partial charge on any atom is 0.354 e. The van der Waals surface area contributed by atoms with Gasteiger partial charge in [0, 0.05) is 24.3 Å². The van der Waals surface area contributed by atoms with Gasteiger partial charge < -0.3 is 19.8 Å². The molecule has 10 heteroatoms. The molecule has 1 saturated heterocycles. The lowest BCUT2D eigenvalue weighted by atomic mass is 9.91. The van der Waals surface area contributed by atoms with Crippen molar-refractivity contribution in [1.29, 1.82) is 0 Å². The molecule has 0 bridgehead atoms. The number of rotatable bonds is 5. The summed E-state index contributed by atoms with van der Waals surface area (Å²) in [5.74, 6) is -0.621. The summed E-state index contributed by atoms with van der Waals surface area (Å²) in [7, 11) is 2.89. The van der Waals surface area contributed by atoms with Crippen LogP contribution in [0.3, 0.4) is 0 Å². The predicted octanol–water partition coefficient (Wildman–Crippen LogP) is 2.05. The molecule has 0 radical (unpaired) electrons. The Hall–Kier alpha value is -1.94. The molecule has 0 aromatic carbocycles. The zero-order valence-corrected chi connectivity index (χ0v) is 16.1. The standard InChI is InChI=1S/C16H20N4O4S.ClH/c1-23-13(21)11-7-10(8-18-11)12-9-25-15(19-12)20-14(22)16(24-2)3-5-17-6-4-16;/h7-9,17-18H,3-6H2,1-2H3,(H,19,20,22);1H. The number of anilines is 1. The molecule has 0 spiro atoms. The molecule has 0 saturated carbocycles. The number of hydrogen-bond acceptors (Lipinski definition) is 7.